The van der Waals surface area contributed by atoms with Crippen LogP contribution in [0.2, 0.25) is 0 Å². The van der Waals surface area contributed by atoms with Crippen LogP contribution in [-0.2, 0) is 9.53 Å². The minimum Gasteiger partial charge on any atom is -0.444 e. The van der Waals surface area contributed by atoms with Gasteiger partial charge in [0.25, 0.3) is 0 Å². The van der Waals surface area contributed by atoms with Crippen LogP contribution in [0.1, 0.15) is 45.3 Å². The number of rotatable bonds is 4. The quantitative estimate of drug-likeness (QED) is 0.859. The van der Waals surface area contributed by atoms with E-state index < -0.39 is 23.6 Å². The van der Waals surface area contributed by atoms with Crippen molar-refractivity contribution in [3.63, 3.8) is 0 Å². The average molecular weight is 366 g/mol. The molecular formula is C19H27FN2O4. The maximum absolute atomic E-state index is 13.2. The molecule has 1 fully saturated rings. The van der Waals surface area contributed by atoms with Gasteiger partial charge in [-0.15, -0.1) is 0 Å². The summed E-state index contributed by atoms with van der Waals surface area (Å²) in [6, 6.07) is 5.64. The summed E-state index contributed by atoms with van der Waals surface area (Å²) in [4.78, 5) is 26.1. The van der Waals surface area contributed by atoms with E-state index in [0.29, 0.717) is 24.9 Å². The van der Waals surface area contributed by atoms with Gasteiger partial charge in [-0.25, -0.2) is 9.18 Å². The topological polar surface area (TPSA) is 78.9 Å². The van der Waals surface area contributed by atoms with Crippen molar-refractivity contribution in [3.05, 3.63) is 35.6 Å². The number of aliphatic hydroxyl groups is 1. The number of hydrogen-bond donors (Lipinski definition) is 2. The van der Waals surface area contributed by atoms with Crippen LogP contribution in [0.5, 0.6) is 0 Å². The SMILES string of the molecule is CC(C)(C)OC(=O)N1CCC[C@@H](C(=O)NC[C@H](O)c2cccc(F)c2)C1. The first-order chi connectivity index (χ1) is 12.2. The highest BCUT2D eigenvalue weighted by Gasteiger charge is 2.31. The van der Waals surface area contributed by atoms with E-state index >= 15 is 0 Å². The van der Waals surface area contributed by atoms with Gasteiger partial charge < -0.3 is 20.1 Å². The summed E-state index contributed by atoms with van der Waals surface area (Å²) in [5, 5.41) is 12.8. The summed E-state index contributed by atoms with van der Waals surface area (Å²) in [7, 11) is 0. The van der Waals surface area contributed by atoms with E-state index in [-0.39, 0.29) is 24.9 Å². The Balaban J connectivity index is 1.86. The Morgan fingerprint density at radius 2 is 2.15 bits per heavy atom. The smallest absolute Gasteiger partial charge is 0.410 e. The Morgan fingerprint density at radius 1 is 1.42 bits per heavy atom. The molecule has 1 aliphatic heterocycles. The second kappa shape index (κ2) is 8.49. The molecule has 2 amide bonds. The molecule has 0 unspecified atom stereocenters. The Hall–Kier alpha value is -2.15. The lowest BCUT2D eigenvalue weighted by molar-refractivity contribution is -0.127. The highest BCUT2D eigenvalue weighted by molar-refractivity contribution is 5.80. The number of amides is 2. The number of likely N-dealkylation sites (tertiary alicyclic amines) is 1. The number of aliphatic hydroxyl groups excluding tert-OH is 1. The average Bonchev–Trinajstić information content (AvgIpc) is 2.58. The van der Waals surface area contributed by atoms with Gasteiger partial charge >= 0.3 is 6.09 Å². The van der Waals surface area contributed by atoms with Crippen LogP contribution in [0, 0.1) is 11.7 Å². The van der Waals surface area contributed by atoms with Gasteiger partial charge in [0.2, 0.25) is 5.91 Å². The second-order valence-corrected chi connectivity index (χ2v) is 7.58. The minimum atomic E-state index is -0.986. The lowest BCUT2D eigenvalue weighted by Gasteiger charge is -2.33. The first-order valence-electron chi connectivity index (χ1n) is 8.85. The van der Waals surface area contributed by atoms with Crippen molar-refractivity contribution < 1.29 is 23.8 Å². The molecule has 7 heteroatoms. The molecule has 6 nitrogen and oxygen atoms in total. The predicted octanol–water partition coefficient (Wildman–Crippen LogP) is 2.62. The van der Waals surface area contributed by atoms with Crippen molar-refractivity contribution in [2.24, 2.45) is 5.92 Å². The van der Waals surface area contributed by atoms with Crippen molar-refractivity contribution >= 4 is 12.0 Å². The zero-order valence-electron chi connectivity index (χ0n) is 15.5. The third-order valence-corrected chi connectivity index (χ3v) is 4.15. The van der Waals surface area contributed by atoms with Crippen molar-refractivity contribution in [2.45, 2.75) is 45.3 Å². The molecule has 0 aliphatic carbocycles. The molecule has 0 aromatic heterocycles. The number of nitrogens with one attached hydrogen (secondary N) is 1. The van der Waals surface area contributed by atoms with Crippen LogP contribution in [0.15, 0.2) is 24.3 Å². The minimum absolute atomic E-state index is 0.00871. The summed E-state index contributed by atoms with van der Waals surface area (Å²) in [5.74, 6) is -1.02. The summed E-state index contributed by atoms with van der Waals surface area (Å²) in [5.41, 5.74) is -0.175. The van der Waals surface area contributed by atoms with E-state index in [1.807, 2.05) is 0 Å². The Labute approximate surface area is 153 Å². The molecule has 144 valence electrons. The third kappa shape index (κ3) is 5.98. The maximum atomic E-state index is 13.2. The molecule has 0 bridgehead atoms. The highest BCUT2D eigenvalue weighted by Crippen LogP contribution is 2.20. The van der Waals surface area contributed by atoms with Crippen molar-refractivity contribution in [1.29, 1.82) is 0 Å². The van der Waals surface area contributed by atoms with Gasteiger partial charge in [-0.05, 0) is 51.3 Å². The number of carbonyl (C=O) groups is 2. The molecule has 1 aromatic carbocycles. The molecule has 26 heavy (non-hydrogen) atoms. The zero-order chi connectivity index (χ0) is 19.3. The normalized spacial score (nSPS) is 19.0. The number of benzene rings is 1. The van der Waals surface area contributed by atoms with Crippen LogP contribution in [-0.4, -0.2) is 47.2 Å². The van der Waals surface area contributed by atoms with Gasteiger partial charge in [0.15, 0.2) is 0 Å². The van der Waals surface area contributed by atoms with E-state index in [2.05, 4.69) is 5.32 Å². The van der Waals surface area contributed by atoms with E-state index in [0.717, 1.165) is 0 Å². The molecule has 0 saturated carbocycles. The fourth-order valence-corrected chi connectivity index (χ4v) is 2.86. The lowest BCUT2D eigenvalue weighted by atomic mass is 9.97. The molecule has 1 aliphatic rings. The summed E-state index contributed by atoms with van der Waals surface area (Å²) < 4.78 is 18.6. The maximum Gasteiger partial charge on any atom is 0.410 e. The number of ether oxygens (including phenoxy) is 1. The Morgan fingerprint density at radius 3 is 2.81 bits per heavy atom. The number of nitrogens with zero attached hydrogens (tertiary/aromatic N) is 1. The fourth-order valence-electron chi connectivity index (χ4n) is 2.86. The van der Waals surface area contributed by atoms with Gasteiger partial charge in [-0.1, -0.05) is 12.1 Å². The molecule has 2 N–H and O–H groups in total. The number of carbonyl (C=O) groups excluding carboxylic acids is 2. The van der Waals surface area contributed by atoms with Crippen molar-refractivity contribution in [1.82, 2.24) is 10.2 Å². The number of hydrogen-bond acceptors (Lipinski definition) is 4. The summed E-state index contributed by atoms with van der Waals surface area (Å²) in [6.07, 6.45) is -0.0275. The van der Waals surface area contributed by atoms with Gasteiger partial charge in [-0.2, -0.15) is 0 Å². The Bertz CT molecular complexity index is 645. The number of halogens is 1. The Kier molecular flexibility index (Phi) is 6.58. The monoisotopic (exact) mass is 366 g/mol. The molecule has 0 radical (unpaired) electrons. The molecule has 0 spiro atoms. The lowest BCUT2D eigenvalue weighted by Crippen LogP contribution is -2.47. The van der Waals surface area contributed by atoms with Crippen LogP contribution < -0.4 is 5.32 Å². The number of piperidine rings is 1. The first kappa shape index (κ1) is 20.2. The zero-order valence-corrected chi connectivity index (χ0v) is 15.5. The molecule has 1 aromatic rings. The van der Waals surface area contributed by atoms with Crippen molar-refractivity contribution in [2.75, 3.05) is 19.6 Å². The highest BCUT2D eigenvalue weighted by atomic mass is 19.1. The van der Waals surface area contributed by atoms with Crippen molar-refractivity contribution in [3.8, 4) is 0 Å². The molecule has 1 saturated heterocycles. The van der Waals surface area contributed by atoms with E-state index in [4.69, 9.17) is 4.74 Å². The van der Waals surface area contributed by atoms with Crippen LogP contribution in [0.4, 0.5) is 9.18 Å². The third-order valence-electron chi connectivity index (χ3n) is 4.15. The molecule has 1 heterocycles. The summed E-state index contributed by atoms with van der Waals surface area (Å²) >= 11 is 0. The second-order valence-electron chi connectivity index (χ2n) is 7.58. The van der Waals surface area contributed by atoms with E-state index in [1.54, 1.807) is 31.7 Å². The standard InChI is InChI=1S/C19H27FN2O4/c1-19(2,3)26-18(25)22-9-5-7-14(12-22)17(24)21-11-16(23)13-6-4-8-15(20)10-13/h4,6,8,10,14,16,23H,5,7,9,11-12H2,1-3H3,(H,21,24)/t14-,16+/m1/s1. The van der Waals surface area contributed by atoms with E-state index in [9.17, 15) is 19.1 Å². The van der Waals surface area contributed by atoms with Crippen LogP contribution in [0.3, 0.4) is 0 Å². The largest absolute Gasteiger partial charge is 0.444 e. The summed E-state index contributed by atoms with van der Waals surface area (Å²) in [6.45, 7) is 6.24. The molecular weight excluding hydrogens is 339 g/mol. The van der Waals surface area contributed by atoms with Gasteiger partial charge in [0.05, 0.1) is 12.0 Å². The molecule has 2 rings (SSSR count). The van der Waals surface area contributed by atoms with Crippen LogP contribution >= 0.6 is 0 Å². The molecule has 2 atom stereocenters. The van der Waals surface area contributed by atoms with Crippen LogP contribution in [0.25, 0.3) is 0 Å². The van der Waals surface area contributed by atoms with Gasteiger partial charge in [0.1, 0.15) is 11.4 Å². The first-order valence-corrected chi connectivity index (χ1v) is 8.85. The fraction of sp³-hybridized carbons (Fsp3) is 0.579. The van der Waals surface area contributed by atoms with Gasteiger partial charge in [0, 0.05) is 19.6 Å². The van der Waals surface area contributed by atoms with Gasteiger partial charge in [-0.3, -0.25) is 4.79 Å². The van der Waals surface area contributed by atoms with E-state index in [1.165, 1.54) is 18.2 Å². The predicted molar refractivity (Wildman–Crippen MR) is 94.9 cm³/mol.